The lowest BCUT2D eigenvalue weighted by molar-refractivity contribution is 0.552. The highest BCUT2D eigenvalue weighted by Crippen LogP contribution is 2.03. The molecule has 2 aromatic heterocycles. The number of hydrogen-bond acceptors (Lipinski definition) is 3. The van der Waals surface area contributed by atoms with Crippen molar-refractivity contribution < 1.29 is 0 Å². The second-order valence-electron chi connectivity index (χ2n) is 5.09. The first-order valence-corrected chi connectivity index (χ1v) is 6.33. The van der Waals surface area contributed by atoms with E-state index in [2.05, 4.69) is 35.6 Å². The molecule has 2 rings (SSSR count). The second kappa shape index (κ2) is 5.82. The van der Waals surface area contributed by atoms with Crippen LogP contribution in [0.3, 0.4) is 0 Å². The molecule has 1 N–H and O–H groups in total. The summed E-state index contributed by atoms with van der Waals surface area (Å²) in [6.07, 6.45) is 7.89. The molecule has 2 heterocycles. The van der Waals surface area contributed by atoms with Crippen LogP contribution in [0, 0.1) is 5.92 Å². The van der Waals surface area contributed by atoms with E-state index in [4.69, 9.17) is 0 Å². The summed E-state index contributed by atoms with van der Waals surface area (Å²) in [7, 11) is 1.92. The van der Waals surface area contributed by atoms with Crippen molar-refractivity contribution in [1.29, 1.82) is 0 Å². The Kier molecular flexibility index (Phi) is 4.15. The molecule has 0 atom stereocenters. The molecular formula is C13H21N5. The molecule has 0 amide bonds. The van der Waals surface area contributed by atoms with Gasteiger partial charge in [0.15, 0.2) is 0 Å². The zero-order valence-electron chi connectivity index (χ0n) is 11.3. The third-order valence-corrected chi connectivity index (χ3v) is 2.67. The van der Waals surface area contributed by atoms with Crippen molar-refractivity contribution in [2.45, 2.75) is 26.9 Å². The first kappa shape index (κ1) is 12.8. The van der Waals surface area contributed by atoms with Crippen LogP contribution in [0.1, 0.15) is 25.0 Å². The fourth-order valence-electron chi connectivity index (χ4n) is 1.83. The van der Waals surface area contributed by atoms with Crippen LogP contribution in [0.4, 0.5) is 0 Å². The van der Waals surface area contributed by atoms with E-state index in [1.54, 1.807) is 0 Å². The molecule has 0 aliphatic rings. The van der Waals surface area contributed by atoms with E-state index in [9.17, 15) is 0 Å². The molecule has 0 fully saturated rings. The van der Waals surface area contributed by atoms with E-state index in [0.717, 1.165) is 19.6 Å². The summed E-state index contributed by atoms with van der Waals surface area (Å²) in [6, 6.07) is 0. The van der Waals surface area contributed by atoms with Gasteiger partial charge in [-0.15, -0.1) is 0 Å². The van der Waals surface area contributed by atoms with Gasteiger partial charge in [-0.2, -0.15) is 10.2 Å². The fourth-order valence-corrected chi connectivity index (χ4v) is 1.83. The van der Waals surface area contributed by atoms with Crippen LogP contribution in [0.2, 0.25) is 0 Å². The van der Waals surface area contributed by atoms with Gasteiger partial charge in [0.1, 0.15) is 0 Å². The largest absolute Gasteiger partial charge is 0.312 e. The lowest BCUT2D eigenvalue weighted by Gasteiger charge is -2.05. The van der Waals surface area contributed by atoms with Gasteiger partial charge >= 0.3 is 0 Å². The van der Waals surface area contributed by atoms with E-state index in [1.807, 2.05) is 35.0 Å². The minimum absolute atomic E-state index is 0.676. The van der Waals surface area contributed by atoms with Crippen LogP contribution in [0.25, 0.3) is 0 Å². The number of rotatable bonds is 6. The number of nitrogens with zero attached hydrogens (tertiary/aromatic N) is 4. The van der Waals surface area contributed by atoms with Crippen LogP contribution in [-0.4, -0.2) is 26.1 Å². The van der Waals surface area contributed by atoms with Crippen LogP contribution < -0.4 is 5.32 Å². The smallest absolute Gasteiger partial charge is 0.0690 e. The molecule has 0 saturated heterocycles. The molecular weight excluding hydrogens is 226 g/mol. The standard InChI is InChI=1S/C13H21N5/c1-11(2)4-14-5-12-6-16-18(9-12)10-13-7-15-17(3)8-13/h6-9,11,14H,4-5,10H2,1-3H3. The summed E-state index contributed by atoms with van der Waals surface area (Å²) in [6.45, 7) is 7.11. The number of nitrogens with one attached hydrogen (secondary N) is 1. The molecule has 0 bridgehead atoms. The Balaban J connectivity index is 1.86. The van der Waals surface area contributed by atoms with Gasteiger partial charge in [0.25, 0.3) is 0 Å². The quantitative estimate of drug-likeness (QED) is 0.839. The van der Waals surface area contributed by atoms with Crippen molar-refractivity contribution in [2.24, 2.45) is 13.0 Å². The molecule has 98 valence electrons. The number of aromatic nitrogens is 4. The van der Waals surface area contributed by atoms with Crippen molar-refractivity contribution >= 4 is 0 Å². The minimum Gasteiger partial charge on any atom is -0.312 e. The van der Waals surface area contributed by atoms with E-state index < -0.39 is 0 Å². The fraction of sp³-hybridized carbons (Fsp3) is 0.538. The highest BCUT2D eigenvalue weighted by Gasteiger charge is 2.01. The maximum atomic E-state index is 4.36. The lowest BCUT2D eigenvalue weighted by Crippen LogP contribution is -2.18. The Morgan fingerprint density at radius 1 is 1.17 bits per heavy atom. The summed E-state index contributed by atoms with van der Waals surface area (Å²) in [4.78, 5) is 0. The minimum atomic E-state index is 0.676. The van der Waals surface area contributed by atoms with Gasteiger partial charge in [-0.1, -0.05) is 13.8 Å². The summed E-state index contributed by atoms with van der Waals surface area (Å²) < 4.78 is 3.76. The topological polar surface area (TPSA) is 47.7 Å². The molecule has 2 aromatic rings. The average Bonchev–Trinajstić information content (AvgIpc) is 2.89. The highest BCUT2D eigenvalue weighted by atomic mass is 15.3. The maximum absolute atomic E-state index is 4.36. The predicted octanol–water partition coefficient (Wildman–Crippen LogP) is 1.41. The zero-order chi connectivity index (χ0) is 13.0. The molecule has 5 heteroatoms. The molecule has 0 spiro atoms. The molecule has 0 unspecified atom stereocenters. The average molecular weight is 247 g/mol. The molecule has 18 heavy (non-hydrogen) atoms. The lowest BCUT2D eigenvalue weighted by atomic mass is 10.2. The third-order valence-electron chi connectivity index (χ3n) is 2.67. The number of aryl methyl sites for hydroxylation is 1. The van der Waals surface area contributed by atoms with Crippen LogP contribution in [-0.2, 0) is 20.1 Å². The first-order valence-electron chi connectivity index (χ1n) is 6.33. The predicted molar refractivity (Wildman–Crippen MR) is 71.1 cm³/mol. The highest BCUT2D eigenvalue weighted by molar-refractivity contribution is 5.08. The first-order chi connectivity index (χ1) is 8.63. The van der Waals surface area contributed by atoms with Crippen molar-refractivity contribution in [3.63, 3.8) is 0 Å². The van der Waals surface area contributed by atoms with Gasteiger partial charge in [0.2, 0.25) is 0 Å². The van der Waals surface area contributed by atoms with Crippen molar-refractivity contribution in [1.82, 2.24) is 24.9 Å². The summed E-state index contributed by atoms with van der Waals surface area (Å²) in [5.41, 5.74) is 2.39. The zero-order valence-corrected chi connectivity index (χ0v) is 11.3. The van der Waals surface area contributed by atoms with Crippen LogP contribution in [0.15, 0.2) is 24.8 Å². The Labute approximate surface area is 108 Å². The molecule has 0 radical (unpaired) electrons. The van der Waals surface area contributed by atoms with Crippen LogP contribution >= 0.6 is 0 Å². The van der Waals surface area contributed by atoms with E-state index in [0.29, 0.717) is 5.92 Å². The molecule has 0 aliphatic carbocycles. The van der Waals surface area contributed by atoms with E-state index in [1.165, 1.54) is 11.1 Å². The van der Waals surface area contributed by atoms with Gasteiger partial charge in [-0.05, 0) is 12.5 Å². The van der Waals surface area contributed by atoms with Gasteiger partial charge < -0.3 is 5.32 Å². The van der Waals surface area contributed by atoms with Crippen molar-refractivity contribution in [3.8, 4) is 0 Å². The third kappa shape index (κ3) is 3.70. The van der Waals surface area contributed by atoms with Crippen molar-refractivity contribution in [3.05, 3.63) is 35.9 Å². The van der Waals surface area contributed by atoms with Gasteiger partial charge in [0.05, 0.1) is 18.9 Å². The van der Waals surface area contributed by atoms with Crippen LogP contribution in [0.5, 0.6) is 0 Å². The van der Waals surface area contributed by atoms with Gasteiger partial charge in [-0.3, -0.25) is 9.36 Å². The Morgan fingerprint density at radius 3 is 2.61 bits per heavy atom. The normalized spacial score (nSPS) is 11.3. The monoisotopic (exact) mass is 247 g/mol. The molecule has 5 nitrogen and oxygen atoms in total. The SMILES string of the molecule is CC(C)CNCc1cnn(Cc2cnn(C)c2)c1. The summed E-state index contributed by atoms with van der Waals surface area (Å²) in [5.74, 6) is 0.676. The summed E-state index contributed by atoms with van der Waals surface area (Å²) in [5, 5.41) is 11.9. The van der Waals surface area contributed by atoms with Crippen molar-refractivity contribution in [2.75, 3.05) is 6.54 Å². The van der Waals surface area contributed by atoms with E-state index in [-0.39, 0.29) is 0 Å². The summed E-state index contributed by atoms with van der Waals surface area (Å²) >= 11 is 0. The number of hydrogen-bond donors (Lipinski definition) is 1. The Bertz CT molecular complexity index is 483. The van der Waals surface area contributed by atoms with E-state index >= 15 is 0 Å². The second-order valence-corrected chi connectivity index (χ2v) is 5.09. The van der Waals surface area contributed by atoms with Gasteiger partial charge in [0, 0.05) is 37.1 Å². The Morgan fingerprint density at radius 2 is 1.94 bits per heavy atom. The maximum Gasteiger partial charge on any atom is 0.0690 e. The molecule has 0 aromatic carbocycles. The van der Waals surface area contributed by atoms with Gasteiger partial charge in [-0.25, -0.2) is 0 Å². The molecule has 0 aliphatic heterocycles. The Hall–Kier alpha value is -1.62. The molecule has 0 saturated carbocycles.